The number of ether oxygens (including phenoxy) is 1. The van der Waals surface area contributed by atoms with Crippen molar-refractivity contribution in [2.75, 3.05) is 19.6 Å². The molecule has 0 bridgehead atoms. The van der Waals surface area contributed by atoms with E-state index in [9.17, 15) is 0 Å². The van der Waals surface area contributed by atoms with Gasteiger partial charge in [0.1, 0.15) is 5.75 Å². The lowest BCUT2D eigenvalue weighted by atomic mass is 10.0. The predicted octanol–water partition coefficient (Wildman–Crippen LogP) is 3.74. The van der Waals surface area contributed by atoms with E-state index < -0.39 is 0 Å². The van der Waals surface area contributed by atoms with E-state index in [4.69, 9.17) is 10.5 Å². The van der Waals surface area contributed by atoms with Gasteiger partial charge in [0.25, 0.3) is 0 Å². The summed E-state index contributed by atoms with van der Waals surface area (Å²) in [7, 11) is 0. The number of hydrogen-bond donors (Lipinski definition) is 1. The zero-order chi connectivity index (χ0) is 15.1. The van der Waals surface area contributed by atoms with Crippen molar-refractivity contribution in [1.29, 1.82) is 0 Å². The van der Waals surface area contributed by atoms with E-state index in [1.54, 1.807) is 0 Å². The molecular weight excluding hydrogens is 260 g/mol. The predicted molar refractivity (Wildman–Crippen MR) is 88.7 cm³/mol. The summed E-state index contributed by atoms with van der Waals surface area (Å²) in [5.74, 6) is 0.952. The zero-order valence-corrected chi connectivity index (χ0v) is 13.6. The van der Waals surface area contributed by atoms with Crippen molar-refractivity contribution in [2.45, 2.75) is 58.1 Å². The Morgan fingerprint density at radius 3 is 2.38 bits per heavy atom. The summed E-state index contributed by atoms with van der Waals surface area (Å²) >= 11 is 0. The molecule has 1 aromatic carbocycles. The third-order valence-electron chi connectivity index (χ3n) is 4.17. The van der Waals surface area contributed by atoms with Gasteiger partial charge in [-0.2, -0.15) is 0 Å². The van der Waals surface area contributed by atoms with Crippen LogP contribution in [0.2, 0.25) is 0 Å². The molecule has 21 heavy (non-hydrogen) atoms. The highest BCUT2D eigenvalue weighted by Crippen LogP contribution is 2.26. The second kappa shape index (κ2) is 8.40. The minimum atomic E-state index is 0.207. The van der Waals surface area contributed by atoms with Crippen LogP contribution in [0.15, 0.2) is 24.3 Å². The van der Waals surface area contributed by atoms with E-state index in [1.165, 1.54) is 37.7 Å². The molecule has 2 N–H and O–H groups in total. The molecule has 1 aliphatic heterocycles. The highest BCUT2D eigenvalue weighted by Gasteiger charge is 2.20. The van der Waals surface area contributed by atoms with Gasteiger partial charge >= 0.3 is 0 Å². The van der Waals surface area contributed by atoms with Crippen LogP contribution in [0, 0.1) is 0 Å². The maximum Gasteiger partial charge on any atom is 0.120 e. The quantitative estimate of drug-likeness (QED) is 0.898. The van der Waals surface area contributed by atoms with Crippen LogP contribution in [-0.4, -0.2) is 30.6 Å². The molecule has 3 heteroatoms. The van der Waals surface area contributed by atoms with Gasteiger partial charge in [-0.15, -0.1) is 0 Å². The molecule has 0 spiro atoms. The Labute approximate surface area is 129 Å². The summed E-state index contributed by atoms with van der Waals surface area (Å²) in [5, 5.41) is 0. The molecule has 0 amide bonds. The lowest BCUT2D eigenvalue weighted by molar-refractivity contribution is 0.183. The normalized spacial score (nSPS) is 19.0. The largest absolute Gasteiger partial charge is 0.491 e. The fourth-order valence-electron chi connectivity index (χ4n) is 3.15. The van der Waals surface area contributed by atoms with Gasteiger partial charge in [0.2, 0.25) is 0 Å². The average Bonchev–Trinajstić information content (AvgIpc) is 2.41. The first-order valence-electron chi connectivity index (χ1n) is 8.41. The van der Waals surface area contributed by atoms with Crippen molar-refractivity contribution >= 4 is 0 Å². The standard InChI is InChI=1S/C18H30N2O/c1-15(2)21-17-10-8-9-16(13-17)18(14-19)20-11-6-4-3-5-7-12-20/h8-10,13,15,18H,3-7,11-12,14,19H2,1-2H3. The van der Waals surface area contributed by atoms with E-state index in [1.807, 2.05) is 6.07 Å². The summed E-state index contributed by atoms with van der Waals surface area (Å²) in [5.41, 5.74) is 7.38. The number of hydrogen-bond acceptors (Lipinski definition) is 3. The molecule has 0 aliphatic carbocycles. The van der Waals surface area contributed by atoms with Crippen LogP contribution in [-0.2, 0) is 0 Å². The first-order chi connectivity index (χ1) is 10.2. The maximum absolute atomic E-state index is 6.09. The van der Waals surface area contributed by atoms with Gasteiger partial charge in [0.05, 0.1) is 6.10 Å². The number of nitrogens with zero attached hydrogens (tertiary/aromatic N) is 1. The molecule has 1 aromatic rings. The van der Waals surface area contributed by atoms with Crippen molar-refractivity contribution < 1.29 is 4.74 Å². The topological polar surface area (TPSA) is 38.5 Å². The van der Waals surface area contributed by atoms with E-state index >= 15 is 0 Å². The first-order valence-corrected chi connectivity index (χ1v) is 8.41. The highest BCUT2D eigenvalue weighted by molar-refractivity contribution is 5.31. The first kappa shape index (κ1) is 16.3. The van der Waals surface area contributed by atoms with E-state index in [0.717, 1.165) is 18.8 Å². The molecule has 1 unspecified atom stereocenters. The Bertz CT molecular complexity index is 411. The molecule has 1 heterocycles. The Kier molecular flexibility index (Phi) is 6.52. The van der Waals surface area contributed by atoms with Crippen LogP contribution in [0.1, 0.15) is 57.6 Å². The Balaban J connectivity index is 2.11. The van der Waals surface area contributed by atoms with Crippen LogP contribution < -0.4 is 10.5 Å². The third-order valence-corrected chi connectivity index (χ3v) is 4.17. The molecule has 0 saturated carbocycles. The summed E-state index contributed by atoms with van der Waals surface area (Å²) in [6, 6.07) is 8.78. The minimum absolute atomic E-state index is 0.207. The zero-order valence-electron chi connectivity index (χ0n) is 13.6. The van der Waals surface area contributed by atoms with Crippen molar-refractivity contribution in [3.63, 3.8) is 0 Å². The lowest BCUT2D eigenvalue weighted by Gasteiger charge is -2.32. The van der Waals surface area contributed by atoms with Crippen LogP contribution >= 0.6 is 0 Å². The number of likely N-dealkylation sites (tertiary alicyclic amines) is 1. The van der Waals surface area contributed by atoms with E-state index in [2.05, 4.69) is 36.9 Å². The third kappa shape index (κ3) is 5.01. The Morgan fingerprint density at radius 2 is 1.76 bits per heavy atom. The van der Waals surface area contributed by atoms with Crippen LogP contribution in [0.4, 0.5) is 0 Å². The molecule has 1 aliphatic rings. The number of rotatable bonds is 5. The second-order valence-corrected chi connectivity index (χ2v) is 6.29. The van der Waals surface area contributed by atoms with Crippen molar-refractivity contribution in [3.8, 4) is 5.75 Å². The molecule has 1 fully saturated rings. The van der Waals surface area contributed by atoms with Crippen molar-refractivity contribution in [3.05, 3.63) is 29.8 Å². The highest BCUT2D eigenvalue weighted by atomic mass is 16.5. The van der Waals surface area contributed by atoms with E-state index in [0.29, 0.717) is 12.6 Å². The fourth-order valence-corrected chi connectivity index (χ4v) is 3.15. The molecule has 118 valence electrons. The van der Waals surface area contributed by atoms with Gasteiger partial charge in [0.15, 0.2) is 0 Å². The van der Waals surface area contributed by atoms with Crippen LogP contribution in [0.3, 0.4) is 0 Å². The summed E-state index contributed by atoms with van der Waals surface area (Å²) in [4.78, 5) is 2.56. The molecule has 0 aromatic heterocycles. The molecule has 2 rings (SSSR count). The summed E-state index contributed by atoms with van der Waals surface area (Å²) in [6.07, 6.45) is 6.88. The fraction of sp³-hybridized carbons (Fsp3) is 0.667. The number of benzene rings is 1. The van der Waals surface area contributed by atoms with Gasteiger partial charge in [-0.05, 0) is 57.5 Å². The van der Waals surface area contributed by atoms with Gasteiger partial charge in [-0.25, -0.2) is 0 Å². The molecule has 1 atom stereocenters. The molecular formula is C18H30N2O. The molecule has 3 nitrogen and oxygen atoms in total. The molecule has 1 saturated heterocycles. The minimum Gasteiger partial charge on any atom is -0.491 e. The second-order valence-electron chi connectivity index (χ2n) is 6.29. The summed E-state index contributed by atoms with van der Waals surface area (Å²) < 4.78 is 5.82. The molecule has 0 radical (unpaired) electrons. The average molecular weight is 290 g/mol. The van der Waals surface area contributed by atoms with Crippen molar-refractivity contribution in [2.24, 2.45) is 5.73 Å². The van der Waals surface area contributed by atoms with Gasteiger partial charge in [0, 0.05) is 12.6 Å². The SMILES string of the molecule is CC(C)Oc1cccc(C(CN)N2CCCCCCC2)c1. The Morgan fingerprint density at radius 1 is 1.10 bits per heavy atom. The van der Waals surface area contributed by atoms with Crippen molar-refractivity contribution in [1.82, 2.24) is 4.90 Å². The summed E-state index contributed by atoms with van der Waals surface area (Å²) in [6.45, 7) is 7.12. The monoisotopic (exact) mass is 290 g/mol. The van der Waals surface area contributed by atoms with Crippen LogP contribution in [0.5, 0.6) is 5.75 Å². The van der Waals surface area contributed by atoms with Gasteiger partial charge in [-0.3, -0.25) is 4.90 Å². The van der Waals surface area contributed by atoms with Gasteiger partial charge < -0.3 is 10.5 Å². The number of nitrogens with two attached hydrogens (primary N) is 1. The lowest BCUT2D eigenvalue weighted by Crippen LogP contribution is -2.36. The smallest absolute Gasteiger partial charge is 0.120 e. The Hall–Kier alpha value is -1.06. The van der Waals surface area contributed by atoms with Crippen LogP contribution in [0.25, 0.3) is 0 Å². The van der Waals surface area contributed by atoms with E-state index in [-0.39, 0.29) is 6.10 Å². The van der Waals surface area contributed by atoms with Gasteiger partial charge in [-0.1, -0.05) is 31.4 Å². The maximum atomic E-state index is 6.09.